The second-order valence-electron chi connectivity index (χ2n) is 7.28. The van der Waals surface area contributed by atoms with Crippen molar-refractivity contribution in [3.63, 3.8) is 0 Å². The molecule has 0 aliphatic heterocycles. The highest BCUT2D eigenvalue weighted by Crippen LogP contribution is 2.20. The first-order chi connectivity index (χ1) is 16.1. The van der Waals surface area contributed by atoms with Crippen LogP contribution in [0, 0.1) is 10.1 Å². The van der Waals surface area contributed by atoms with Gasteiger partial charge in [0.2, 0.25) is 0 Å². The largest absolute Gasteiger partial charge is 0.487 e. The van der Waals surface area contributed by atoms with Crippen molar-refractivity contribution in [1.82, 2.24) is 15.0 Å². The molecule has 0 amide bonds. The molecule has 33 heavy (non-hydrogen) atoms. The first-order valence-electron chi connectivity index (χ1n) is 10.3. The molecule has 0 saturated carbocycles. The minimum Gasteiger partial charge on any atom is -0.487 e. The predicted octanol–water partition coefficient (Wildman–Crippen LogP) is 5.21. The lowest BCUT2D eigenvalue weighted by atomic mass is 10.1. The third-order valence-corrected chi connectivity index (χ3v) is 4.93. The minimum atomic E-state index is -0.418. The van der Waals surface area contributed by atoms with E-state index in [1.807, 2.05) is 49.4 Å². The number of pyridine rings is 3. The predicted molar refractivity (Wildman–Crippen MR) is 125 cm³/mol. The molecular formula is C25H21N5O3. The van der Waals surface area contributed by atoms with Gasteiger partial charge in [0.05, 0.1) is 34.2 Å². The van der Waals surface area contributed by atoms with Crippen LogP contribution in [0.5, 0.6) is 5.75 Å². The lowest BCUT2D eigenvalue weighted by Gasteiger charge is -2.07. The molecule has 0 aliphatic carbocycles. The molecule has 1 atom stereocenters. The van der Waals surface area contributed by atoms with Crippen LogP contribution in [-0.2, 0) is 6.61 Å². The zero-order valence-corrected chi connectivity index (χ0v) is 17.9. The Morgan fingerprint density at radius 3 is 2.42 bits per heavy atom. The Bertz CT molecular complexity index is 1230. The van der Waals surface area contributed by atoms with Crippen molar-refractivity contribution in [2.24, 2.45) is 4.99 Å². The third kappa shape index (κ3) is 5.82. The first kappa shape index (κ1) is 21.8. The number of rotatable bonds is 8. The molecule has 0 bridgehead atoms. The van der Waals surface area contributed by atoms with Crippen molar-refractivity contribution in [3.8, 4) is 17.1 Å². The quantitative estimate of drug-likeness (QED) is 0.212. The SMILES string of the molecule is C[C@@H](N=Cc1ccc(OCc2ccc(-c3ccccn3)nc2)cn1)c1ccc([N+](=O)[O-])cc1. The molecule has 0 unspecified atom stereocenters. The number of aliphatic imine (C=N–C) groups is 1. The van der Waals surface area contributed by atoms with Crippen LogP contribution in [0.2, 0.25) is 0 Å². The number of hydrogen-bond donors (Lipinski definition) is 0. The number of benzene rings is 1. The Morgan fingerprint density at radius 2 is 1.79 bits per heavy atom. The number of non-ortho nitro benzene ring substituents is 1. The Hall–Kier alpha value is -4.46. The molecule has 4 aromatic rings. The van der Waals surface area contributed by atoms with Gasteiger partial charge in [0, 0.05) is 36.3 Å². The van der Waals surface area contributed by atoms with Gasteiger partial charge >= 0.3 is 0 Å². The van der Waals surface area contributed by atoms with E-state index >= 15 is 0 Å². The van der Waals surface area contributed by atoms with Gasteiger partial charge < -0.3 is 4.74 Å². The van der Waals surface area contributed by atoms with Crippen LogP contribution in [0.25, 0.3) is 11.4 Å². The summed E-state index contributed by atoms with van der Waals surface area (Å²) in [6.07, 6.45) is 6.84. The molecule has 3 heterocycles. The molecule has 0 fully saturated rings. The fourth-order valence-electron chi connectivity index (χ4n) is 3.04. The summed E-state index contributed by atoms with van der Waals surface area (Å²) in [5, 5.41) is 10.8. The summed E-state index contributed by atoms with van der Waals surface area (Å²) >= 11 is 0. The molecule has 0 saturated heterocycles. The van der Waals surface area contributed by atoms with E-state index in [4.69, 9.17) is 4.74 Å². The number of nitro groups is 1. The standard InChI is InChI=1S/C25H21N5O3/c1-18(20-6-9-22(10-7-20)30(31)32)27-15-21-8-11-23(16-28-21)33-17-19-5-12-25(29-14-19)24-4-2-3-13-26-24/h2-16,18H,17H2,1H3/t18-/m1/s1. The maximum absolute atomic E-state index is 10.8. The van der Waals surface area contributed by atoms with E-state index in [9.17, 15) is 10.1 Å². The van der Waals surface area contributed by atoms with Gasteiger partial charge in [-0.05, 0) is 42.8 Å². The van der Waals surface area contributed by atoms with Crippen LogP contribution in [-0.4, -0.2) is 26.1 Å². The summed E-state index contributed by atoms with van der Waals surface area (Å²) in [7, 11) is 0. The van der Waals surface area contributed by atoms with E-state index < -0.39 is 4.92 Å². The van der Waals surface area contributed by atoms with Crippen molar-refractivity contribution in [1.29, 1.82) is 0 Å². The fraction of sp³-hybridized carbons (Fsp3) is 0.120. The van der Waals surface area contributed by atoms with Gasteiger partial charge in [-0.3, -0.25) is 30.1 Å². The molecule has 8 heteroatoms. The molecule has 4 rings (SSSR count). The van der Waals surface area contributed by atoms with E-state index in [0.717, 1.165) is 22.5 Å². The first-order valence-corrected chi connectivity index (χ1v) is 10.3. The van der Waals surface area contributed by atoms with Gasteiger partial charge in [-0.25, -0.2) is 0 Å². The van der Waals surface area contributed by atoms with Crippen LogP contribution in [0.3, 0.4) is 0 Å². The van der Waals surface area contributed by atoms with E-state index in [2.05, 4.69) is 19.9 Å². The summed E-state index contributed by atoms with van der Waals surface area (Å²) in [5.41, 5.74) is 4.23. The fourth-order valence-corrected chi connectivity index (χ4v) is 3.04. The highest BCUT2D eigenvalue weighted by molar-refractivity contribution is 5.77. The molecule has 3 aromatic heterocycles. The van der Waals surface area contributed by atoms with Gasteiger partial charge in [0.1, 0.15) is 12.4 Å². The van der Waals surface area contributed by atoms with Crippen LogP contribution in [0.15, 0.2) is 90.3 Å². The average molecular weight is 439 g/mol. The molecule has 0 aliphatic rings. The highest BCUT2D eigenvalue weighted by Gasteiger charge is 2.08. The Labute approximate surface area is 190 Å². The second-order valence-corrected chi connectivity index (χ2v) is 7.28. The lowest BCUT2D eigenvalue weighted by Crippen LogP contribution is -1.98. The topological polar surface area (TPSA) is 103 Å². The van der Waals surface area contributed by atoms with Gasteiger partial charge in [-0.15, -0.1) is 0 Å². The molecule has 1 aromatic carbocycles. The maximum atomic E-state index is 10.8. The normalized spacial score (nSPS) is 11.9. The maximum Gasteiger partial charge on any atom is 0.269 e. The van der Waals surface area contributed by atoms with Crippen LogP contribution >= 0.6 is 0 Å². The van der Waals surface area contributed by atoms with Gasteiger partial charge in [-0.1, -0.05) is 24.3 Å². The average Bonchev–Trinajstić information content (AvgIpc) is 2.87. The zero-order chi connectivity index (χ0) is 23.0. The number of aromatic nitrogens is 3. The monoisotopic (exact) mass is 439 g/mol. The van der Waals surface area contributed by atoms with Crippen LogP contribution in [0.1, 0.15) is 29.8 Å². The van der Waals surface area contributed by atoms with Crippen molar-refractivity contribution in [3.05, 3.63) is 112 Å². The van der Waals surface area contributed by atoms with E-state index in [1.54, 1.807) is 36.9 Å². The van der Waals surface area contributed by atoms with Crippen molar-refractivity contribution >= 4 is 11.9 Å². The lowest BCUT2D eigenvalue weighted by molar-refractivity contribution is -0.384. The third-order valence-electron chi connectivity index (χ3n) is 4.93. The minimum absolute atomic E-state index is 0.0621. The van der Waals surface area contributed by atoms with Crippen LogP contribution < -0.4 is 4.74 Å². The van der Waals surface area contributed by atoms with Crippen molar-refractivity contribution in [2.75, 3.05) is 0 Å². The molecule has 8 nitrogen and oxygen atoms in total. The van der Waals surface area contributed by atoms with Crippen molar-refractivity contribution in [2.45, 2.75) is 19.6 Å². The summed E-state index contributed by atoms with van der Waals surface area (Å²) in [5.74, 6) is 0.643. The summed E-state index contributed by atoms with van der Waals surface area (Å²) in [6.45, 7) is 2.30. The van der Waals surface area contributed by atoms with Gasteiger partial charge in [-0.2, -0.15) is 0 Å². The number of hydrogen-bond acceptors (Lipinski definition) is 7. The molecule has 0 radical (unpaired) electrons. The smallest absolute Gasteiger partial charge is 0.269 e. The second kappa shape index (κ2) is 10.2. The number of nitrogens with zero attached hydrogens (tertiary/aromatic N) is 5. The van der Waals surface area contributed by atoms with E-state index in [-0.39, 0.29) is 11.7 Å². The zero-order valence-electron chi connectivity index (χ0n) is 17.9. The highest BCUT2D eigenvalue weighted by atomic mass is 16.6. The molecule has 0 spiro atoms. The Balaban J connectivity index is 1.31. The Morgan fingerprint density at radius 1 is 0.970 bits per heavy atom. The van der Waals surface area contributed by atoms with E-state index in [0.29, 0.717) is 18.1 Å². The summed E-state index contributed by atoms with van der Waals surface area (Å²) in [4.78, 5) is 27.9. The van der Waals surface area contributed by atoms with Crippen LogP contribution in [0.4, 0.5) is 5.69 Å². The van der Waals surface area contributed by atoms with Gasteiger partial charge in [0.25, 0.3) is 5.69 Å². The number of nitro benzene ring substituents is 1. The van der Waals surface area contributed by atoms with Crippen molar-refractivity contribution < 1.29 is 9.66 Å². The van der Waals surface area contributed by atoms with Gasteiger partial charge in [0.15, 0.2) is 0 Å². The summed E-state index contributed by atoms with van der Waals surface area (Å²) in [6, 6.07) is 19.5. The molecular weight excluding hydrogens is 418 g/mol. The van der Waals surface area contributed by atoms with E-state index in [1.165, 1.54) is 12.1 Å². The Kier molecular flexibility index (Phi) is 6.75. The summed E-state index contributed by atoms with van der Waals surface area (Å²) < 4.78 is 5.80. The molecule has 164 valence electrons. The number of ether oxygens (including phenoxy) is 1. The molecule has 0 N–H and O–H groups in total.